The molecule has 0 radical (unpaired) electrons. The molecule has 2 amide bonds. The molecule has 0 aromatic rings. The van der Waals surface area contributed by atoms with Crippen molar-refractivity contribution in [3.05, 3.63) is 0 Å². The van der Waals surface area contributed by atoms with Crippen molar-refractivity contribution in [3.63, 3.8) is 0 Å². The van der Waals surface area contributed by atoms with Crippen LogP contribution >= 0.6 is 0 Å². The minimum atomic E-state index is 0. The van der Waals surface area contributed by atoms with Gasteiger partial charge in [-0.15, -0.1) is 0 Å². The monoisotopic (exact) mass is 536 g/mol. The minimum Gasteiger partial charge on any atom is -1.00 e. The first-order valence-corrected chi connectivity index (χ1v) is 14.0. The molecule has 0 saturated carbocycles. The van der Waals surface area contributed by atoms with E-state index < -0.39 is 0 Å². The summed E-state index contributed by atoms with van der Waals surface area (Å²) in [5, 5.41) is 0. The smallest absolute Gasteiger partial charge is 0.226 e. The first kappa shape index (κ1) is 34.4. The Morgan fingerprint density at radius 1 is 0.629 bits per heavy atom. The van der Waals surface area contributed by atoms with Crippen LogP contribution < -0.4 is 24.8 Å². The lowest BCUT2D eigenvalue weighted by atomic mass is 10.1. The van der Waals surface area contributed by atoms with Crippen LogP contribution in [0.3, 0.4) is 0 Å². The van der Waals surface area contributed by atoms with Crippen LogP contribution in [0.5, 0.6) is 0 Å². The molecule has 2 aliphatic heterocycles. The number of likely N-dealkylation sites (tertiary alicyclic amines) is 2. The van der Waals surface area contributed by atoms with Crippen molar-refractivity contribution < 1.29 is 43.4 Å². The number of nitrogens with zero attached hydrogens (tertiary/aromatic N) is 4. The molecule has 35 heavy (non-hydrogen) atoms. The van der Waals surface area contributed by atoms with Crippen molar-refractivity contribution in [3.8, 4) is 0 Å². The Morgan fingerprint density at radius 2 is 1.09 bits per heavy atom. The lowest BCUT2D eigenvalue weighted by Gasteiger charge is -2.41. The zero-order valence-corrected chi connectivity index (χ0v) is 24.7. The van der Waals surface area contributed by atoms with E-state index in [0.29, 0.717) is 18.2 Å². The molecular weight excluding hydrogens is 483 g/mol. The van der Waals surface area contributed by atoms with Crippen LogP contribution in [0.15, 0.2) is 0 Å². The maximum Gasteiger partial charge on any atom is 0.226 e. The topological polar surface area (TPSA) is 40.6 Å². The number of amides is 2. The van der Waals surface area contributed by atoms with Crippen LogP contribution in [0.25, 0.3) is 0 Å². The Labute approximate surface area is 228 Å². The minimum absolute atomic E-state index is 0. The molecule has 208 valence electrons. The quantitative estimate of drug-likeness (QED) is 0.160. The number of hydrogen-bond acceptors (Lipinski definition) is 2. The van der Waals surface area contributed by atoms with E-state index in [9.17, 15) is 9.59 Å². The first-order valence-electron chi connectivity index (χ1n) is 14.0. The summed E-state index contributed by atoms with van der Waals surface area (Å²) in [7, 11) is 6.84. The van der Waals surface area contributed by atoms with Gasteiger partial charge in [-0.3, -0.25) is 19.4 Å². The van der Waals surface area contributed by atoms with Crippen molar-refractivity contribution in [2.75, 3.05) is 67.2 Å². The Kier molecular flexibility index (Phi) is 17.5. The Morgan fingerprint density at radius 3 is 1.54 bits per heavy atom. The molecule has 2 rings (SSSR count). The van der Waals surface area contributed by atoms with Crippen LogP contribution in [-0.2, 0) is 9.59 Å². The van der Waals surface area contributed by atoms with Crippen LogP contribution in [0.4, 0.5) is 0 Å². The lowest BCUT2D eigenvalue weighted by molar-refractivity contribution is -0.963. The molecule has 2 saturated heterocycles. The summed E-state index contributed by atoms with van der Waals surface area (Å²) in [4.78, 5) is 28.6. The number of hydrogen-bond donors (Lipinski definition) is 0. The number of carbonyl (C=O) groups excluding carboxylic acids is 2. The van der Waals surface area contributed by atoms with Crippen LogP contribution in [0, 0.1) is 0 Å². The molecule has 2 fully saturated rings. The van der Waals surface area contributed by atoms with Crippen molar-refractivity contribution in [1.82, 2.24) is 9.80 Å². The fourth-order valence-corrected chi connectivity index (χ4v) is 5.40. The summed E-state index contributed by atoms with van der Waals surface area (Å²) in [6.07, 6.45) is 17.0. The molecule has 1 atom stereocenters. The highest BCUT2D eigenvalue weighted by atomic mass is 35.5. The van der Waals surface area contributed by atoms with Crippen LogP contribution in [0.2, 0.25) is 0 Å². The van der Waals surface area contributed by atoms with Gasteiger partial charge in [0.1, 0.15) is 13.1 Å². The van der Waals surface area contributed by atoms with Gasteiger partial charge in [0.2, 0.25) is 11.8 Å². The number of unbranched alkanes of at least 4 members (excludes halogenated alkanes) is 9. The van der Waals surface area contributed by atoms with E-state index in [2.05, 4.69) is 33.0 Å². The second kappa shape index (κ2) is 17.8. The van der Waals surface area contributed by atoms with Gasteiger partial charge >= 0.3 is 0 Å². The maximum atomic E-state index is 12.3. The third-order valence-corrected chi connectivity index (χ3v) is 7.71. The van der Waals surface area contributed by atoms with Gasteiger partial charge in [0, 0.05) is 25.9 Å². The molecule has 2 aliphatic rings. The molecule has 8 heteroatoms. The average Bonchev–Trinajstić information content (AvgIpc) is 3.35. The van der Waals surface area contributed by atoms with Crippen molar-refractivity contribution in [1.29, 1.82) is 0 Å². The number of likely N-dealkylation sites (N-methyl/N-ethyl adjacent to an activating group) is 2. The van der Waals surface area contributed by atoms with Crippen molar-refractivity contribution in [2.24, 2.45) is 0 Å². The third-order valence-electron chi connectivity index (χ3n) is 7.71. The summed E-state index contributed by atoms with van der Waals surface area (Å²) in [6, 6.07) is 0. The second-order valence-corrected chi connectivity index (χ2v) is 11.7. The fraction of sp³-hybridized carbons (Fsp3) is 0.926. The summed E-state index contributed by atoms with van der Waals surface area (Å²) < 4.78 is 1.78. The Balaban J connectivity index is 0.00000578. The Bertz CT molecular complexity index is 606. The predicted octanol–water partition coefficient (Wildman–Crippen LogP) is -1.40. The number of carbonyl (C=O) groups is 2. The second-order valence-electron chi connectivity index (χ2n) is 11.7. The standard InChI is InChI=1S/C27H54N4O2.2ClH/c1-5-6-7-8-9-10-11-12-13-14-21-31(4,25-29-20-16-18-27(29)33)23-22-30(2,3)24-28-19-15-17-26(28)32;;/h5-25H2,1-4H3;2*1H/q+2;;/p-2. The highest BCUT2D eigenvalue weighted by Gasteiger charge is 2.34. The fourth-order valence-electron chi connectivity index (χ4n) is 5.40. The summed E-state index contributed by atoms with van der Waals surface area (Å²) >= 11 is 0. The van der Waals surface area contributed by atoms with Gasteiger partial charge in [0.05, 0.1) is 27.7 Å². The molecule has 0 bridgehead atoms. The largest absolute Gasteiger partial charge is 1.00 e. The van der Waals surface area contributed by atoms with Gasteiger partial charge in [-0.05, 0) is 25.7 Å². The first-order chi connectivity index (χ1) is 15.7. The molecule has 0 N–H and O–H groups in total. The number of quaternary nitrogens is 2. The van der Waals surface area contributed by atoms with Gasteiger partial charge in [-0.1, -0.05) is 58.3 Å². The normalized spacial score (nSPS) is 17.9. The van der Waals surface area contributed by atoms with E-state index in [0.717, 1.165) is 74.3 Å². The molecule has 0 aromatic heterocycles. The number of rotatable bonds is 18. The summed E-state index contributed by atoms with van der Waals surface area (Å²) in [5.74, 6) is 0.644. The SMILES string of the molecule is CCCCCCCCCCCC[N+](C)(CC[N+](C)(C)CN1CCCC1=O)CN1CCCC1=O.[Cl-].[Cl-]. The van der Waals surface area contributed by atoms with E-state index in [1.165, 1.54) is 64.2 Å². The zero-order valence-electron chi connectivity index (χ0n) is 23.2. The van der Waals surface area contributed by atoms with Gasteiger partial charge < -0.3 is 33.8 Å². The zero-order chi connectivity index (χ0) is 24.2. The molecule has 1 unspecified atom stereocenters. The van der Waals surface area contributed by atoms with E-state index in [-0.39, 0.29) is 24.8 Å². The average molecular weight is 538 g/mol. The van der Waals surface area contributed by atoms with E-state index >= 15 is 0 Å². The van der Waals surface area contributed by atoms with Crippen LogP contribution in [0.1, 0.15) is 96.8 Å². The molecule has 6 nitrogen and oxygen atoms in total. The van der Waals surface area contributed by atoms with Gasteiger partial charge in [0.25, 0.3) is 0 Å². The van der Waals surface area contributed by atoms with Gasteiger partial charge in [-0.25, -0.2) is 0 Å². The highest BCUT2D eigenvalue weighted by molar-refractivity contribution is 5.78. The lowest BCUT2D eigenvalue weighted by Crippen LogP contribution is -3.00. The van der Waals surface area contributed by atoms with E-state index in [1.807, 2.05) is 4.90 Å². The molecule has 0 aromatic carbocycles. The highest BCUT2D eigenvalue weighted by Crippen LogP contribution is 2.18. The molecule has 0 aliphatic carbocycles. The van der Waals surface area contributed by atoms with E-state index in [1.54, 1.807) is 0 Å². The summed E-state index contributed by atoms with van der Waals surface area (Å²) in [6.45, 7) is 8.98. The predicted molar refractivity (Wildman–Crippen MR) is 136 cm³/mol. The third kappa shape index (κ3) is 13.5. The number of halogens is 2. The van der Waals surface area contributed by atoms with Gasteiger partial charge in [0.15, 0.2) is 13.3 Å². The van der Waals surface area contributed by atoms with E-state index in [4.69, 9.17) is 0 Å². The Hall–Kier alpha value is -0.560. The van der Waals surface area contributed by atoms with Crippen LogP contribution in [-0.4, -0.2) is 97.8 Å². The van der Waals surface area contributed by atoms with Gasteiger partial charge in [-0.2, -0.15) is 0 Å². The molecule has 0 spiro atoms. The maximum absolute atomic E-state index is 12.3. The molecular formula is C27H54Cl2N4O2. The van der Waals surface area contributed by atoms with Crippen molar-refractivity contribution in [2.45, 2.75) is 96.8 Å². The summed E-state index contributed by atoms with van der Waals surface area (Å²) in [5.41, 5.74) is 0. The molecule has 2 heterocycles. The van der Waals surface area contributed by atoms with Crippen molar-refractivity contribution >= 4 is 11.8 Å².